The van der Waals surface area contributed by atoms with Gasteiger partial charge in [-0.1, -0.05) is 11.8 Å². The Morgan fingerprint density at radius 2 is 2.47 bits per heavy atom. The van der Waals surface area contributed by atoms with E-state index in [9.17, 15) is 0 Å². The van der Waals surface area contributed by atoms with Crippen LogP contribution in [0, 0.1) is 0 Å². The van der Waals surface area contributed by atoms with Crippen LogP contribution in [0.2, 0.25) is 0 Å². The fourth-order valence-corrected chi connectivity index (χ4v) is 1.47. The largest absolute Gasteiger partial charge is 0.326 e. The summed E-state index contributed by atoms with van der Waals surface area (Å²) in [6.07, 6.45) is 3.35. The van der Waals surface area contributed by atoms with Gasteiger partial charge in [-0.3, -0.25) is 5.32 Å². The summed E-state index contributed by atoms with van der Waals surface area (Å²) in [5.41, 5.74) is 8.50. The topological polar surface area (TPSA) is 97.5 Å². The second-order valence-electron chi connectivity index (χ2n) is 3.15. The molecule has 1 unspecified atom stereocenters. The van der Waals surface area contributed by atoms with E-state index >= 15 is 0 Å². The molecule has 2 N–H and O–H groups in total. The molecule has 0 aromatic heterocycles. The highest BCUT2D eigenvalue weighted by Crippen LogP contribution is 2.17. The molecule has 0 aromatic carbocycles. The molecule has 0 aromatic rings. The third-order valence-electron chi connectivity index (χ3n) is 1.55. The van der Waals surface area contributed by atoms with Crippen LogP contribution >= 0.6 is 11.8 Å². The van der Waals surface area contributed by atoms with Gasteiger partial charge in [0, 0.05) is 11.0 Å². The Hall–Kier alpha value is -1.24. The number of amidine groups is 1. The zero-order valence-corrected chi connectivity index (χ0v) is 9.62. The minimum absolute atomic E-state index is 0.109. The first kappa shape index (κ1) is 11.8. The van der Waals surface area contributed by atoms with Crippen LogP contribution in [0.25, 0.3) is 10.4 Å². The highest BCUT2D eigenvalue weighted by Gasteiger charge is 2.30. The van der Waals surface area contributed by atoms with Crippen LogP contribution in [-0.2, 0) is 0 Å². The molecule has 0 saturated heterocycles. The molecule has 15 heavy (non-hydrogen) atoms. The van der Waals surface area contributed by atoms with Gasteiger partial charge in [-0.2, -0.15) is 0 Å². The lowest BCUT2D eigenvalue weighted by Crippen LogP contribution is -2.48. The van der Waals surface area contributed by atoms with Crippen molar-refractivity contribution in [1.82, 2.24) is 10.6 Å². The maximum Gasteiger partial charge on any atom is 0.289 e. The summed E-state index contributed by atoms with van der Waals surface area (Å²) in [4.78, 5) is 11.0. The summed E-state index contributed by atoms with van der Waals surface area (Å²) < 4.78 is 0. The van der Waals surface area contributed by atoms with Gasteiger partial charge in [0.2, 0.25) is 0 Å². The van der Waals surface area contributed by atoms with Gasteiger partial charge in [0.15, 0.2) is 5.17 Å². The van der Waals surface area contributed by atoms with Crippen molar-refractivity contribution in [2.75, 3.05) is 6.26 Å². The van der Waals surface area contributed by atoms with E-state index in [1.807, 2.05) is 20.1 Å². The summed E-state index contributed by atoms with van der Waals surface area (Å²) in [5, 5.41) is 10.1. The minimum Gasteiger partial charge on any atom is -0.326 e. The molecule has 0 bridgehead atoms. The van der Waals surface area contributed by atoms with Crippen LogP contribution in [-0.4, -0.2) is 29.7 Å². The molecule has 1 heterocycles. The van der Waals surface area contributed by atoms with Crippen LogP contribution in [0.4, 0.5) is 0 Å². The van der Waals surface area contributed by atoms with Gasteiger partial charge < -0.3 is 5.32 Å². The van der Waals surface area contributed by atoms with Crippen molar-refractivity contribution in [1.29, 1.82) is 0 Å². The molecule has 1 aliphatic rings. The van der Waals surface area contributed by atoms with Crippen LogP contribution in [0.1, 0.15) is 13.8 Å². The predicted octanol–water partition coefficient (Wildman–Crippen LogP) is 1.26. The number of nitrogens with zero attached hydrogens (tertiary/aromatic N) is 5. The van der Waals surface area contributed by atoms with Gasteiger partial charge in [0.25, 0.3) is 5.91 Å². The van der Waals surface area contributed by atoms with Gasteiger partial charge in [-0.25, -0.2) is 9.98 Å². The number of azide groups is 1. The molecule has 0 radical (unpaired) electrons. The van der Waals surface area contributed by atoms with Gasteiger partial charge in [-0.15, -0.1) is 0 Å². The average Bonchev–Trinajstić information content (AvgIpc) is 2.17. The van der Waals surface area contributed by atoms with Gasteiger partial charge >= 0.3 is 0 Å². The maximum absolute atomic E-state index is 8.50. The number of hydrogen-bond donors (Lipinski definition) is 2. The number of hydrogen-bond acceptors (Lipinski definition) is 6. The van der Waals surface area contributed by atoms with E-state index in [-0.39, 0.29) is 6.04 Å². The van der Waals surface area contributed by atoms with Gasteiger partial charge in [-0.05, 0) is 30.7 Å². The third-order valence-corrected chi connectivity index (χ3v) is 2.15. The summed E-state index contributed by atoms with van der Waals surface area (Å²) in [7, 11) is 0. The molecule has 0 amide bonds. The van der Waals surface area contributed by atoms with E-state index in [4.69, 9.17) is 5.53 Å². The Bertz CT molecular complexity index is 330. The summed E-state index contributed by atoms with van der Waals surface area (Å²) in [6, 6.07) is 0.109. The van der Waals surface area contributed by atoms with Gasteiger partial charge in [0.05, 0.1) is 6.34 Å². The smallest absolute Gasteiger partial charge is 0.289 e. The Morgan fingerprint density at radius 1 is 1.73 bits per heavy atom. The first-order chi connectivity index (χ1) is 7.12. The van der Waals surface area contributed by atoms with Crippen LogP contribution in [0.15, 0.2) is 15.1 Å². The van der Waals surface area contributed by atoms with Crippen molar-refractivity contribution < 1.29 is 0 Å². The maximum atomic E-state index is 8.50. The summed E-state index contributed by atoms with van der Waals surface area (Å²) in [6.45, 7) is 3.86. The third kappa shape index (κ3) is 3.12. The lowest BCUT2D eigenvalue weighted by Gasteiger charge is -2.27. The number of thioether (sulfide) groups is 1. The fourth-order valence-electron chi connectivity index (χ4n) is 1.08. The molecule has 0 spiro atoms. The monoisotopic (exact) mass is 227 g/mol. The average molecular weight is 227 g/mol. The summed E-state index contributed by atoms with van der Waals surface area (Å²) in [5.74, 6) is -1.24. The number of aliphatic imine (C=N–C) groups is 2. The van der Waals surface area contributed by atoms with E-state index < -0.39 is 5.91 Å². The van der Waals surface area contributed by atoms with Crippen molar-refractivity contribution in [2.24, 2.45) is 15.1 Å². The number of rotatable bonds is 3. The second-order valence-corrected chi connectivity index (χ2v) is 3.94. The Labute approximate surface area is 92.1 Å². The van der Waals surface area contributed by atoms with E-state index in [0.717, 1.165) is 0 Å². The zero-order valence-electron chi connectivity index (χ0n) is 8.80. The SMILES string of the molecule is CSC1=NC(N=[N+]=[N-])(NC(C)C)N=CN1. The molecule has 0 aliphatic carbocycles. The van der Waals surface area contributed by atoms with Crippen molar-refractivity contribution in [2.45, 2.75) is 25.8 Å². The molecule has 8 heteroatoms. The van der Waals surface area contributed by atoms with Crippen LogP contribution < -0.4 is 10.6 Å². The molecular formula is C7H13N7S. The normalized spacial score (nSPS) is 24.4. The molecule has 7 nitrogen and oxygen atoms in total. The Kier molecular flexibility index (Phi) is 3.96. The van der Waals surface area contributed by atoms with E-state index in [1.165, 1.54) is 18.1 Å². The van der Waals surface area contributed by atoms with Crippen molar-refractivity contribution in [3.05, 3.63) is 10.4 Å². The molecule has 0 saturated carbocycles. The molecular weight excluding hydrogens is 214 g/mol. The highest BCUT2D eigenvalue weighted by molar-refractivity contribution is 8.13. The number of nitrogens with one attached hydrogen (secondary N) is 2. The first-order valence-electron chi connectivity index (χ1n) is 4.40. The molecule has 0 fully saturated rings. The van der Waals surface area contributed by atoms with Crippen molar-refractivity contribution in [3.63, 3.8) is 0 Å². The lowest BCUT2D eigenvalue weighted by molar-refractivity contribution is 0.332. The van der Waals surface area contributed by atoms with E-state index in [0.29, 0.717) is 5.17 Å². The molecule has 1 rings (SSSR count). The predicted molar refractivity (Wildman–Crippen MR) is 62.7 cm³/mol. The van der Waals surface area contributed by atoms with E-state index in [1.54, 1.807) is 0 Å². The quantitative estimate of drug-likeness (QED) is 0.431. The van der Waals surface area contributed by atoms with Crippen molar-refractivity contribution >= 4 is 23.3 Å². The Balaban J connectivity index is 2.99. The highest BCUT2D eigenvalue weighted by atomic mass is 32.2. The van der Waals surface area contributed by atoms with Gasteiger partial charge in [0.1, 0.15) is 0 Å². The van der Waals surface area contributed by atoms with Crippen molar-refractivity contribution in [3.8, 4) is 0 Å². The molecule has 82 valence electrons. The standard InChI is InChI=1S/C7H13N7S/c1-5(2)11-7(13-14-8)10-4-9-6(12-7)15-3/h4-5,11H,1-3H3,(H,9,10,12). The summed E-state index contributed by atoms with van der Waals surface area (Å²) >= 11 is 1.43. The van der Waals surface area contributed by atoms with E-state index in [2.05, 4.69) is 30.6 Å². The zero-order chi connectivity index (χ0) is 11.3. The van der Waals surface area contributed by atoms with Crippen LogP contribution in [0.3, 0.4) is 0 Å². The fraction of sp³-hybridized carbons (Fsp3) is 0.714. The molecule has 1 aliphatic heterocycles. The molecule has 1 atom stereocenters. The second kappa shape index (κ2) is 5.01. The Morgan fingerprint density at radius 3 is 3.00 bits per heavy atom. The minimum atomic E-state index is -1.24. The first-order valence-corrected chi connectivity index (χ1v) is 5.62. The van der Waals surface area contributed by atoms with Crippen LogP contribution in [0.5, 0.6) is 0 Å². The lowest BCUT2D eigenvalue weighted by atomic mass is 10.4.